The number of ether oxygens (including phenoxy) is 3. The molecule has 1 heterocycles. The Kier molecular flexibility index (Phi) is 7.58. The molecule has 0 atom stereocenters. The van der Waals surface area contributed by atoms with Gasteiger partial charge in [0, 0.05) is 12.1 Å². The Morgan fingerprint density at radius 2 is 2.03 bits per heavy atom. The lowest BCUT2D eigenvalue weighted by atomic mass is 10.1. The van der Waals surface area contributed by atoms with Crippen molar-refractivity contribution in [3.05, 3.63) is 58.5 Å². The smallest absolute Gasteiger partial charge is 0.337 e. The highest BCUT2D eigenvalue weighted by Crippen LogP contribution is 2.38. The molecule has 1 aliphatic rings. The van der Waals surface area contributed by atoms with Gasteiger partial charge in [0.15, 0.2) is 16.7 Å². The van der Waals surface area contributed by atoms with Crippen molar-refractivity contribution < 1.29 is 23.8 Å². The number of thioether (sulfide) groups is 1. The summed E-state index contributed by atoms with van der Waals surface area (Å²) in [4.78, 5) is 31.5. The van der Waals surface area contributed by atoms with E-state index >= 15 is 0 Å². The number of aliphatic imine (C=N–C) groups is 1. The predicted molar refractivity (Wildman–Crippen MR) is 125 cm³/mol. The lowest BCUT2D eigenvalue weighted by Crippen LogP contribution is -2.28. The van der Waals surface area contributed by atoms with E-state index in [2.05, 4.69) is 10.9 Å². The first-order valence-corrected chi connectivity index (χ1v) is 10.6. The van der Waals surface area contributed by atoms with Crippen molar-refractivity contribution >= 4 is 40.6 Å². The minimum absolute atomic E-state index is 0.0714. The Morgan fingerprint density at radius 3 is 2.72 bits per heavy atom. The van der Waals surface area contributed by atoms with Crippen LogP contribution in [0.25, 0.3) is 6.08 Å². The predicted octanol–water partition coefficient (Wildman–Crippen LogP) is 4.12. The van der Waals surface area contributed by atoms with Crippen LogP contribution in [-0.4, -0.2) is 49.3 Å². The molecule has 32 heavy (non-hydrogen) atoms. The zero-order valence-corrected chi connectivity index (χ0v) is 18.8. The van der Waals surface area contributed by atoms with E-state index in [0.717, 1.165) is 0 Å². The molecule has 0 radical (unpaired) electrons. The lowest BCUT2D eigenvalue weighted by Gasteiger charge is -2.12. The number of para-hydroxylation sites is 1. The summed E-state index contributed by atoms with van der Waals surface area (Å²) in [6, 6.07) is 12.1. The summed E-state index contributed by atoms with van der Waals surface area (Å²) < 4.78 is 15.8. The average molecular weight is 451 g/mol. The molecule has 1 saturated heterocycles. The Morgan fingerprint density at radius 1 is 1.25 bits per heavy atom. The van der Waals surface area contributed by atoms with Crippen molar-refractivity contribution in [2.45, 2.75) is 6.92 Å². The van der Waals surface area contributed by atoms with Gasteiger partial charge in [-0.3, -0.25) is 9.69 Å². The number of benzene rings is 2. The molecule has 0 N–H and O–H groups in total. The van der Waals surface area contributed by atoms with Crippen molar-refractivity contribution in [3.63, 3.8) is 0 Å². The third kappa shape index (κ3) is 4.95. The van der Waals surface area contributed by atoms with E-state index in [1.54, 1.807) is 41.3 Å². The average Bonchev–Trinajstić information content (AvgIpc) is 3.11. The number of hydrogen-bond acceptors (Lipinski definition) is 7. The molecule has 0 bridgehead atoms. The molecule has 1 amide bonds. The maximum absolute atomic E-state index is 13.0. The maximum Gasteiger partial charge on any atom is 0.337 e. The highest BCUT2D eigenvalue weighted by Gasteiger charge is 2.32. The van der Waals surface area contributed by atoms with E-state index in [4.69, 9.17) is 20.6 Å². The zero-order valence-electron chi connectivity index (χ0n) is 18.0. The molecule has 164 valence electrons. The Labute approximate surface area is 191 Å². The van der Waals surface area contributed by atoms with Gasteiger partial charge in [0.05, 0.1) is 30.4 Å². The second-order valence-electron chi connectivity index (χ2n) is 6.47. The van der Waals surface area contributed by atoms with Gasteiger partial charge in [0.1, 0.15) is 6.61 Å². The number of esters is 1. The van der Waals surface area contributed by atoms with Crippen molar-refractivity contribution in [1.82, 2.24) is 4.90 Å². The largest absolute Gasteiger partial charge is 0.493 e. The van der Waals surface area contributed by atoms with Gasteiger partial charge in [-0.25, -0.2) is 9.79 Å². The fraction of sp³-hybridized carbons (Fsp3) is 0.208. The van der Waals surface area contributed by atoms with Crippen LogP contribution in [0.2, 0.25) is 0 Å². The second kappa shape index (κ2) is 10.6. The van der Waals surface area contributed by atoms with Crippen LogP contribution in [0.3, 0.4) is 0 Å². The van der Waals surface area contributed by atoms with E-state index in [9.17, 15) is 9.59 Å². The third-order valence-electron chi connectivity index (χ3n) is 4.51. The summed E-state index contributed by atoms with van der Waals surface area (Å²) in [5, 5.41) is 0.514. The van der Waals surface area contributed by atoms with Crippen molar-refractivity contribution in [3.8, 4) is 23.8 Å². The summed E-state index contributed by atoms with van der Waals surface area (Å²) >= 11 is 1.24. The first kappa shape index (κ1) is 23.0. The van der Waals surface area contributed by atoms with Crippen LogP contribution in [0.5, 0.6) is 11.5 Å². The number of likely N-dealkylation sites (N-methyl/N-ethyl adjacent to an activating group) is 1. The van der Waals surface area contributed by atoms with Crippen LogP contribution in [-0.2, 0) is 9.53 Å². The first-order chi connectivity index (χ1) is 15.5. The van der Waals surface area contributed by atoms with E-state index in [0.29, 0.717) is 44.9 Å². The van der Waals surface area contributed by atoms with Crippen LogP contribution in [0.1, 0.15) is 22.8 Å². The lowest BCUT2D eigenvalue weighted by molar-refractivity contribution is -0.122. The number of hydrogen-bond donors (Lipinski definition) is 0. The Bertz CT molecular complexity index is 1130. The summed E-state index contributed by atoms with van der Waals surface area (Å²) in [6.45, 7) is 2.38. The minimum Gasteiger partial charge on any atom is -0.493 e. The third-order valence-corrected chi connectivity index (χ3v) is 5.52. The van der Waals surface area contributed by atoms with Gasteiger partial charge >= 0.3 is 5.97 Å². The van der Waals surface area contributed by atoms with Crippen LogP contribution in [0, 0.1) is 12.3 Å². The van der Waals surface area contributed by atoms with Crippen molar-refractivity contribution in [2.24, 2.45) is 4.99 Å². The van der Waals surface area contributed by atoms with Gasteiger partial charge in [-0.2, -0.15) is 0 Å². The molecule has 8 heteroatoms. The molecule has 1 fully saturated rings. The fourth-order valence-corrected chi connectivity index (χ4v) is 4.07. The molecule has 2 aromatic carbocycles. The Balaban J connectivity index is 1.98. The molecule has 0 spiro atoms. The van der Waals surface area contributed by atoms with Crippen LogP contribution >= 0.6 is 11.8 Å². The number of methoxy groups -OCH3 is 2. The fourth-order valence-electron chi connectivity index (χ4n) is 3.02. The van der Waals surface area contributed by atoms with Crippen LogP contribution in [0.15, 0.2) is 52.4 Å². The summed E-state index contributed by atoms with van der Waals surface area (Å²) in [5.41, 5.74) is 1.59. The van der Waals surface area contributed by atoms with Gasteiger partial charge < -0.3 is 14.2 Å². The minimum atomic E-state index is -0.451. The molecule has 1 aliphatic heterocycles. The van der Waals surface area contributed by atoms with Gasteiger partial charge in [0.25, 0.3) is 5.91 Å². The highest BCUT2D eigenvalue weighted by molar-refractivity contribution is 8.18. The number of terminal acetylenes is 1. The quantitative estimate of drug-likeness (QED) is 0.359. The van der Waals surface area contributed by atoms with E-state index in [1.165, 1.54) is 26.0 Å². The molecular weight excluding hydrogens is 428 g/mol. The summed E-state index contributed by atoms with van der Waals surface area (Å²) in [7, 11) is 2.86. The van der Waals surface area contributed by atoms with Gasteiger partial charge in [0.2, 0.25) is 0 Å². The van der Waals surface area contributed by atoms with Gasteiger partial charge in [-0.1, -0.05) is 24.1 Å². The SMILES string of the molecule is C#CCOc1c(C=C2SC(=Nc3cccc(C(=O)OC)c3)N(CC)C2=O)cccc1OC. The molecule has 0 unspecified atom stereocenters. The second-order valence-corrected chi connectivity index (χ2v) is 7.48. The number of amidine groups is 1. The van der Waals surface area contributed by atoms with Crippen LogP contribution < -0.4 is 9.47 Å². The monoisotopic (exact) mass is 450 g/mol. The summed E-state index contributed by atoms with van der Waals surface area (Å²) in [6.07, 6.45) is 7.06. The van der Waals surface area contributed by atoms with E-state index in [1.807, 2.05) is 19.1 Å². The molecule has 2 aromatic rings. The zero-order chi connectivity index (χ0) is 23.1. The Hall–Kier alpha value is -3.70. The number of rotatable bonds is 7. The van der Waals surface area contributed by atoms with Gasteiger partial charge in [-0.05, 0) is 49.0 Å². The first-order valence-electron chi connectivity index (χ1n) is 9.74. The van der Waals surface area contributed by atoms with Crippen molar-refractivity contribution in [1.29, 1.82) is 0 Å². The topological polar surface area (TPSA) is 77.4 Å². The molecular formula is C24H22N2O5S. The summed E-state index contributed by atoms with van der Waals surface area (Å²) in [5.74, 6) is 2.79. The maximum atomic E-state index is 13.0. The highest BCUT2D eigenvalue weighted by atomic mass is 32.2. The number of amides is 1. The van der Waals surface area contributed by atoms with Gasteiger partial charge in [-0.15, -0.1) is 6.42 Å². The van der Waals surface area contributed by atoms with E-state index in [-0.39, 0.29) is 12.5 Å². The molecule has 0 saturated carbocycles. The van der Waals surface area contributed by atoms with Crippen molar-refractivity contribution in [2.75, 3.05) is 27.4 Å². The molecule has 0 aromatic heterocycles. The number of nitrogens with zero attached hydrogens (tertiary/aromatic N) is 2. The van der Waals surface area contributed by atoms with Crippen LogP contribution in [0.4, 0.5) is 5.69 Å². The number of carbonyl (C=O) groups excluding carboxylic acids is 2. The molecule has 3 rings (SSSR count). The normalized spacial score (nSPS) is 15.7. The number of carbonyl (C=O) groups is 2. The van der Waals surface area contributed by atoms with E-state index < -0.39 is 5.97 Å². The molecule has 7 nitrogen and oxygen atoms in total. The standard InChI is InChI=1S/C24H22N2O5S/c1-5-13-31-21-16(9-8-12-19(21)29-3)15-20-22(27)26(6-2)24(32-20)25-18-11-7-10-17(14-18)23(28)30-4/h1,7-12,14-15H,6,13H2,2-4H3. The molecule has 0 aliphatic carbocycles.